The molecule has 0 aromatic carbocycles. The monoisotopic (exact) mass is 459 g/mol. The zero-order valence-corrected chi connectivity index (χ0v) is 22.8. The third kappa shape index (κ3) is 3.52. The van der Waals surface area contributed by atoms with Gasteiger partial charge in [0, 0.05) is 18.4 Å². The maximum absolute atomic E-state index is 10.7. The standard InChI is InChI=1S/C30H53NO2/c1-20(2)9-8-10-21(3)24-11-12-25-23-18-29(19-31(6)7)30(33-29)17-22(32)13-16-28(30,5)26(23)14-15-27(24,25)4/h20-26,32H,8-19H2,1-7H3/t21-,22+,23+,24-,25+,26+,27-,28-,29-,30+/m1/s1. The van der Waals surface area contributed by atoms with Gasteiger partial charge < -0.3 is 14.7 Å². The van der Waals surface area contributed by atoms with Crippen molar-refractivity contribution in [2.75, 3.05) is 20.6 Å². The summed E-state index contributed by atoms with van der Waals surface area (Å²) in [7, 11) is 4.42. The van der Waals surface area contributed by atoms with Crippen LogP contribution in [0.15, 0.2) is 0 Å². The Morgan fingerprint density at radius 2 is 1.70 bits per heavy atom. The normalized spacial score (nSPS) is 51.6. The smallest absolute Gasteiger partial charge is 0.111 e. The summed E-state index contributed by atoms with van der Waals surface area (Å²) in [5.41, 5.74) is 0.677. The fourth-order valence-corrected chi connectivity index (χ4v) is 10.7. The molecule has 0 amide bonds. The van der Waals surface area contributed by atoms with Gasteiger partial charge in [0.25, 0.3) is 0 Å². The summed E-state index contributed by atoms with van der Waals surface area (Å²) < 4.78 is 6.96. The van der Waals surface area contributed by atoms with Crippen LogP contribution in [0.25, 0.3) is 0 Å². The van der Waals surface area contributed by atoms with E-state index in [1.807, 2.05) is 0 Å². The summed E-state index contributed by atoms with van der Waals surface area (Å²) in [5.74, 6) is 5.09. The number of aliphatic hydroxyl groups excluding tert-OH is 1. The van der Waals surface area contributed by atoms with Gasteiger partial charge in [-0.1, -0.05) is 53.9 Å². The molecule has 4 aliphatic carbocycles. The van der Waals surface area contributed by atoms with E-state index in [2.05, 4.69) is 53.6 Å². The molecule has 5 rings (SSSR count). The van der Waals surface area contributed by atoms with Crippen LogP contribution in [0, 0.1) is 46.3 Å². The Balaban J connectivity index is 1.40. The van der Waals surface area contributed by atoms with E-state index in [-0.39, 0.29) is 22.7 Å². The highest BCUT2D eigenvalue weighted by Crippen LogP contribution is 2.78. The van der Waals surface area contributed by atoms with E-state index in [0.717, 1.165) is 61.3 Å². The maximum atomic E-state index is 10.7. The molecule has 5 fully saturated rings. The molecule has 1 N–H and O–H groups in total. The minimum absolute atomic E-state index is 0.0208. The SMILES string of the molecule is CC(C)CCC[C@@H](C)[C@H]1CC[C@H]2[C@@H]3C[C@]4(CN(C)C)O[C@]45C[C@@H](O)CC[C@]5(C)[C@H]3CC[C@]12C. The molecule has 4 saturated carbocycles. The van der Waals surface area contributed by atoms with E-state index in [0.29, 0.717) is 5.41 Å². The molecule has 0 bridgehead atoms. The molecule has 0 unspecified atom stereocenters. The Bertz CT molecular complexity index is 737. The van der Waals surface area contributed by atoms with Crippen molar-refractivity contribution in [2.45, 2.75) is 123 Å². The first kappa shape index (κ1) is 24.6. The Morgan fingerprint density at radius 3 is 2.39 bits per heavy atom. The zero-order chi connectivity index (χ0) is 23.8. The van der Waals surface area contributed by atoms with Crippen molar-refractivity contribution in [2.24, 2.45) is 46.3 Å². The van der Waals surface area contributed by atoms with Crippen molar-refractivity contribution < 1.29 is 9.84 Å². The van der Waals surface area contributed by atoms with Crippen molar-refractivity contribution in [3.05, 3.63) is 0 Å². The summed E-state index contributed by atoms with van der Waals surface area (Å²) in [4.78, 5) is 2.35. The van der Waals surface area contributed by atoms with E-state index < -0.39 is 0 Å². The van der Waals surface area contributed by atoms with E-state index in [9.17, 15) is 5.11 Å². The number of hydrogen-bond donors (Lipinski definition) is 1. The maximum Gasteiger partial charge on any atom is 0.111 e. The minimum atomic E-state index is -0.171. The second-order valence-corrected chi connectivity index (χ2v) is 14.6. The summed E-state index contributed by atoms with van der Waals surface area (Å²) in [5, 5.41) is 10.7. The van der Waals surface area contributed by atoms with Gasteiger partial charge in [-0.05, 0) is 100.0 Å². The lowest BCUT2D eigenvalue weighted by atomic mass is 9.42. The van der Waals surface area contributed by atoms with E-state index in [1.165, 1.54) is 51.4 Å². The van der Waals surface area contributed by atoms with Gasteiger partial charge in [0.05, 0.1) is 6.10 Å². The van der Waals surface area contributed by atoms with E-state index >= 15 is 0 Å². The van der Waals surface area contributed by atoms with Crippen LogP contribution in [-0.2, 0) is 4.74 Å². The topological polar surface area (TPSA) is 36.0 Å². The molecule has 5 aliphatic rings. The predicted molar refractivity (Wildman–Crippen MR) is 136 cm³/mol. The number of nitrogens with zero attached hydrogens (tertiary/aromatic N) is 1. The van der Waals surface area contributed by atoms with Crippen LogP contribution in [0.5, 0.6) is 0 Å². The van der Waals surface area contributed by atoms with Crippen LogP contribution in [-0.4, -0.2) is 48.0 Å². The Hall–Kier alpha value is -0.120. The highest BCUT2D eigenvalue weighted by Gasteiger charge is 2.83. The van der Waals surface area contributed by atoms with Crippen LogP contribution >= 0.6 is 0 Å². The van der Waals surface area contributed by atoms with E-state index in [4.69, 9.17) is 4.74 Å². The fraction of sp³-hybridized carbons (Fsp3) is 1.00. The molecule has 0 aromatic rings. The molecule has 3 nitrogen and oxygen atoms in total. The van der Waals surface area contributed by atoms with Gasteiger partial charge in [-0.25, -0.2) is 0 Å². The molecular weight excluding hydrogens is 406 g/mol. The Kier molecular flexibility index (Phi) is 6.11. The largest absolute Gasteiger partial charge is 0.393 e. The first-order valence-corrected chi connectivity index (χ1v) is 14.5. The molecule has 0 aromatic heterocycles. The molecule has 33 heavy (non-hydrogen) atoms. The molecule has 1 aliphatic heterocycles. The summed E-state index contributed by atoms with van der Waals surface area (Å²) >= 11 is 0. The number of hydrogen-bond acceptors (Lipinski definition) is 3. The van der Waals surface area contributed by atoms with Crippen LogP contribution in [0.2, 0.25) is 0 Å². The number of fused-ring (bicyclic) bond motifs is 4. The zero-order valence-electron chi connectivity index (χ0n) is 22.8. The van der Waals surface area contributed by atoms with Crippen molar-refractivity contribution in [3.8, 4) is 0 Å². The fourth-order valence-electron chi connectivity index (χ4n) is 10.7. The molecule has 1 heterocycles. The van der Waals surface area contributed by atoms with Crippen molar-refractivity contribution in [3.63, 3.8) is 0 Å². The first-order valence-electron chi connectivity index (χ1n) is 14.5. The molecule has 3 heteroatoms. The number of rotatable bonds is 7. The molecule has 10 atom stereocenters. The number of epoxide rings is 1. The predicted octanol–water partition coefficient (Wildman–Crippen LogP) is 6.53. The number of aliphatic hydroxyl groups is 1. The van der Waals surface area contributed by atoms with Gasteiger partial charge in [0.2, 0.25) is 0 Å². The second-order valence-electron chi connectivity index (χ2n) is 14.6. The third-order valence-corrected chi connectivity index (χ3v) is 12.1. The van der Waals surface area contributed by atoms with Crippen LogP contribution in [0.3, 0.4) is 0 Å². The van der Waals surface area contributed by atoms with Gasteiger partial charge in [-0.15, -0.1) is 0 Å². The average Bonchev–Trinajstić information content (AvgIpc) is 3.17. The lowest BCUT2D eigenvalue weighted by Crippen LogP contribution is -2.62. The third-order valence-electron chi connectivity index (χ3n) is 12.1. The minimum Gasteiger partial charge on any atom is -0.393 e. The van der Waals surface area contributed by atoms with Crippen LogP contribution < -0.4 is 0 Å². The molecule has 1 spiro atoms. The molecule has 0 radical (unpaired) electrons. The van der Waals surface area contributed by atoms with Crippen LogP contribution in [0.1, 0.15) is 105 Å². The summed E-state index contributed by atoms with van der Waals surface area (Å²) in [6.07, 6.45) is 14.0. The van der Waals surface area contributed by atoms with Crippen molar-refractivity contribution in [1.82, 2.24) is 4.90 Å². The number of likely N-dealkylation sites (N-methyl/N-ethyl adjacent to an activating group) is 1. The van der Waals surface area contributed by atoms with Gasteiger partial charge in [0.1, 0.15) is 11.2 Å². The van der Waals surface area contributed by atoms with Gasteiger partial charge in [0.15, 0.2) is 0 Å². The highest BCUT2D eigenvalue weighted by molar-refractivity contribution is 5.31. The summed E-state index contributed by atoms with van der Waals surface area (Å²) in [6.45, 7) is 13.6. The Labute approximate surface area is 204 Å². The van der Waals surface area contributed by atoms with Crippen molar-refractivity contribution in [1.29, 1.82) is 0 Å². The van der Waals surface area contributed by atoms with Gasteiger partial charge in [-0.3, -0.25) is 0 Å². The first-order chi connectivity index (χ1) is 15.5. The summed E-state index contributed by atoms with van der Waals surface area (Å²) in [6, 6.07) is 0. The number of ether oxygens (including phenoxy) is 1. The lowest BCUT2D eigenvalue weighted by molar-refractivity contribution is -0.123. The average molecular weight is 460 g/mol. The lowest BCUT2D eigenvalue weighted by Gasteiger charge is -2.61. The van der Waals surface area contributed by atoms with Crippen molar-refractivity contribution >= 4 is 0 Å². The second kappa shape index (κ2) is 8.20. The molecular formula is C30H53NO2. The Morgan fingerprint density at radius 1 is 0.939 bits per heavy atom. The van der Waals surface area contributed by atoms with E-state index in [1.54, 1.807) is 0 Å². The molecule has 1 saturated heterocycles. The van der Waals surface area contributed by atoms with Gasteiger partial charge >= 0.3 is 0 Å². The molecule has 190 valence electrons. The highest BCUT2D eigenvalue weighted by atomic mass is 16.6. The van der Waals surface area contributed by atoms with Crippen LogP contribution in [0.4, 0.5) is 0 Å². The van der Waals surface area contributed by atoms with Gasteiger partial charge in [-0.2, -0.15) is 0 Å². The quantitative estimate of drug-likeness (QED) is 0.440.